The molecule has 0 aliphatic rings. The number of hydrogen-bond donors (Lipinski definition) is 2. The second-order valence-electron chi connectivity index (χ2n) is 4.58. The molecule has 5 nitrogen and oxygen atoms in total. The molecule has 0 aliphatic heterocycles. The maximum atomic E-state index is 11.1. The average molecular weight is 351 g/mol. The topological polar surface area (TPSA) is 75.4 Å². The highest BCUT2D eigenvalue weighted by Crippen LogP contribution is 2.34. The van der Waals surface area contributed by atoms with Crippen LogP contribution in [0.5, 0.6) is 5.75 Å². The van der Waals surface area contributed by atoms with Crippen molar-refractivity contribution in [1.29, 1.82) is 0 Å². The minimum absolute atomic E-state index is 0.00162. The number of rotatable bonds is 5. The Labute approximate surface area is 130 Å². The first kappa shape index (κ1) is 15.3. The van der Waals surface area contributed by atoms with Crippen molar-refractivity contribution in [3.05, 3.63) is 62.6 Å². The summed E-state index contributed by atoms with van der Waals surface area (Å²) in [7, 11) is 0. The van der Waals surface area contributed by atoms with E-state index in [4.69, 9.17) is 0 Å². The van der Waals surface area contributed by atoms with Crippen LogP contribution < -0.4 is 5.32 Å². The molecule has 2 N–H and O–H groups in total. The number of anilines is 1. The fourth-order valence-electron chi connectivity index (χ4n) is 2.15. The van der Waals surface area contributed by atoms with E-state index in [0.29, 0.717) is 16.6 Å². The number of nitro groups is 1. The van der Waals surface area contributed by atoms with Crippen LogP contribution in [0.3, 0.4) is 0 Å². The first-order valence-electron chi connectivity index (χ1n) is 6.51. The zero-order chi connectivity index (χ0) is 15.4. The molecule has 0 saturated carbocycles. The summed E-state index contributed by atoms with van der Waals surface area (Å²) < 4.78 is 0.648. The maximum absolute atomic E-state index is 11.1. The second kappa shape index (κ2) is 6.58. The van der Waals surface area contributed by atoms with E-state index in [9.17, 15) is 15.2 Å². The lowest BCUT2D eigenvalue weighted by atomic mass is 10.0. The third-order valence-electron chi connectivity index (χ3n) is 3.21. The number of phenolic OH excluding ortho intramolecular Hbond substituents is 1. The summed E-state index contributed by atoms with van der Waals surface area (Å²) in [4.78, 5) is 10.7. The maximum Gasteiger partial charge on any atom is 0.293 e. The van der Waals surface area contributed by atoms with Crippen molar-refractivity contribution in [2.45, 2.75) is 19.4 Å². The molecule has 2 aromatic carbocycles. The Bertz CT molecular complexity index is 661. The van der Waals surface area contributed by atoms with Gasteiger partial charge in [-0.15, -0.1) is 0 Å². The summed E-state index contributed by atoms with van der Waals surface area (Å²) >= 11 is 3.23. The largest absolute Gasteiger partial charge is 0.508 e. The quantitative estimate of drug-likeness (QED) is 0.609. The molecule has 2 aromatic rings. The van der Waals surface area contributed by atoms with Gasteiger partial charge in [0.05, 0.1) is 11.0 Å². The summed E-state index contributed by atoms with van der Waals surface area (Å²) in [5.74, 6) is 0.177. The summed E-state index contributed by atoms with van der Waals surface area (Å²) in [5.41, 5.74) is 1.15. The number of nitrogens with zero attached hydrogens (tertiary/aromatic N) is 1. The van der Waals surface area contributed by atoms with Crippen LogP contribution in [0.2, 0.25) is 0 Å². The van der Waals surface area contributed by atoms with Crippen molar-refractivity contribution in [2.24, 2.45) is 0 Å². The highest BCUT2D eigenvalue weighted by Gasteiger charge is 2.19. The molecule has 1 unspecified atom stereocenters. The fourth-order valence-corrected chi connectivity index (χ4v) is 2.50. The van der Waals surface area contributed by atoms with Crippen LogP contribution in [-0.4, -0.2) is 10.0 Å². The molecule has 0 heterocycles. The van der Waals surface area contributed by atoms with Crippen LogP contribution in [0, 0.1) is 10.1 Å². The van der Waals surface area contributed by atoms with E-state index in [2.05, 4.69) is 21.2 Å². The number of nitrogens with one attached hydrogen (secondary N) is 1. The normalized spacial score (nSPS) is 11.9. The van der Waals surface area contributed by atoms with Crippen molar-refractivity contribution < 1.29 is 10.0 Å². The molecule has 0 amide bonds. The fraction of sp³-hybridized carbons (Fsp3) is 0.200. The van der Waals surface area contributed by atoms with Gasteiger partial charge in [0.15, 0.2) is 0 Å². The Kier molecular flexibility index (Phi) is 4.80. The van der Waals surface area contributed by atoms with Crippen LogP contribution >= 0.6 is 15.9 Å². The lowest BCUT2D eigenvalue weighted by Gasteiger charge is -2.19. The highest BCUT2D eigenvalue weighted by atomic mass is 79.9. The van der Waals surface area contributed by atoms with Gasteiger partial charge in [0.2, 0.25) is 0 Å². The van der Waals surface area contributed by atoms with E-state index >= 15 is 0 Å². The van der Waals surface area contributed by atoms with E-state index in [1.54, 1.807) is 30.3 Å². The van der Waals surface area contributed by atoms with E-state index in [0.717, 1.165) is 5.56 Å². The molecule has 0 aromatic heterocycles. The van der Waals surface area contributed by atoms with Crippen molar-refractivity contribution in [3.8, 4) is 5.75 Å². The van der Waals surface area contributed by atoms with Gasteiger partial charge in [0, 0.05) is 16.1 Å². The van der Waals surface area contributed by atoms with Gasteiger partial charge in [-0.1, -0.05) is 41.1 Å². The molecule has 0 fully saturated rings. The van der Waals surface area contributed by atoms with Crippen molar-refractivity contribution in [3.63, 3.8) is 0 Å². The minimum atomic E-state index is -0.426. The summed E-state index contributed by atoms with van der Waals surface area (Å²) in [6, 6.07) is 11.6. The number of aromatic hydroxyl groups is 1. The monoisotopic (exact) mass is 350 g/mol. The van der Waals surface area contributed by atoms with Crippen molar-refractivity contribution in [2.75, 3.05) is 5.32 Å². The molecule has 0 spiro atoms. The molecule has 110 valence electrons. The molecular weight excluding hydrogens is 336 g/mol. The number of halogens is 1. The molecule has 2 rings (SSSR count). The lowest BCUT2D eigenvalue weighted by molar-refractivity contribution is -0.384. The van der Waals surface area contributed by atoms with Crippen LogP contribution in [-0.2, 0) is 0 Å². The standard InChI is InChI=1S/C15H15BrN2O3/c1-2-12(11-5-3-4-6-15(11)19)17-13-8-7-10(16)9-14(13)18(20)21/h3-9,12,17,19H,2H2,1H3. The van der Waals surface area contributed by atoms with E-state index in [1.165, 1.54) is 6.07 Å². The van der Waals surface area contributed by atoms with Crippen LogP contribution in [0.25, 0.3) is 0 Å². The SMILES string of the molecule is CCC(Nc1ccc(Br)cc1[N+](=O)[O-])c1ccccc1O. The van der Waals surface area contributed by atoms with Gasteiger partial charge in [-0.2, -0.15) is 0 Å². The molecule has 0 radical (unpaired) electrons. The van der Waals surface area contributed by atoms with Crippen molar-refractivity contribution in [1.82, 2.24) is 0 Å². The van der Waals surface area contributed by atoms with Gasteiger partial charge in [0.1, 0.15) is 11.4 Å². The molecule has 21 heavy (non-hydrogen) atoms. The van der Waals surface area contributed by atoms with Crippen LogP contribution in [0.15, 0.2) is 46.9 Å². The molecule has 0 bridgehead atoms. The van der Waals surface area contributed by atoms with E-state index in [1.807, 2.05) is 13.0 Å². The Morgan fingerprint density at radius 3 is 2.67 bits per heavy atom. The number of benzene rings is 2. The van der Waals surface area contributed by atoms with Crippen molar-refractivity contribution >= 4 is 27.3 Å². The Morgan fingerprint density at radius 2 is 2.05 bits per heavy atom. The predicted octanol–water partition coefficient (Wildman–Crippen LogP) is 4.63. The third kappa shape index (κ3) is 3.52. The van der Waals surface area contributed by atoms with Gasteiger partial charge < -0.3 is 10.4 Å². The first-order chi connectivity index (χ1) is 10.0. The minimum Gasteiger partial charge on any atom is -0.508 e. The van der Waals surface area contributed by atoms with E-state index < -0.39 is 4.92 Å². The lowest BCUT2D eigenvalue weighted by Crippen LogP contribution is -2.11. The number of nitro benzene ring substituents is 1. The third-order valence-corrected chi connectivity index (χ3v) is 3.70. The second-order valence-corrected chi connectivity index (χ2v) is 5.50. The molecule has 0 saturated heterocycles. The number of hydrogen-bond acceptors (Lipinski definition) is 4. The summed E-state index contributed by atoms with van der Waals surface area (Å²) in [6.45, 7) is 1.95. The zero-order valence-electron chi connectivity index (χ0n) is 11.4. The van der Waals surface area contributed by atoms with Gasteiger partial charge in [-0.25, -0.2) is 0 Å². The first-order valence-corrected chi connectivity index (χ1v) is 7.30. The van der Waals surface area contributed by atoms with Gasteiger partial charge in [0.25, 0.3) is 5.69 Å². The highest BCUT2D eigenvalue weighted by molar-refractivity contribution is 9.10. The molecule has 0 aliphatic carbocycles. The van der Waals surface area contributed by atoms with Crippen LogP contribution in [0.4, 0.5) is 11.4 Å². The van der Waals surface area contributed by atoms with Gasteiger partial charge in [-0.05, 0) is 24.6 Å². The predicted molar refractivity (Wildman–Crippen MR) is 85.6 cm³/mol. The molecule has 1 atom stereocenters. The van der Waals surface area contributed by atoms with E-state index in [-0.39, 0.29) is 17.5 Å². The van der Waals surface area contributed by atoms with Gasteiger partial charge in [-0.3, -0.25) is 10.1 Å². The summed E-state index contributed by atoms with van der Waals surface area (Å²) in [6.07, 6.45) is 0.685. The summed E-state index contributed by atoms with van der Waals surface area (Å²) in [5, 5.41) is 24.2. The number of phenols is 1. The average Bonchev–Trinajstić information content (AvgIpc) is 2.46. The smallest absolute Gasteiger partial charge is 0.293 e. The zero-order valence-corrected chi connectivity index (χ0v) is 13.0. The van der Waals surface area contributed by atoms with Crippen LogP contribution in [0.1, 0.15) is 24.9 Å². The Morgan fingerprint density at radius 1 is 1.33 bits per heavy atom. The van der Waals surface area contributed by atoms with Gasteiger partial charge >= 0.3 is 0 Å². The Balaban J connectivity index is 2.36. The molecule has 6 heteroatoms. The molecular formula is C15H15BrN2O3. The number of para-hydroxylation sites is 1. The Hall–Kier alpha value is -2.08.